The van der Waals surface area contributed by atoms with E-state index >= 15 is 0 Å². The van der Waals surface area contributed by atoms with E-state index < -0.39 is 24.3 Å². The van der Waals surface area contributed by atoms with E-state index in [-0.39, 0.29) is 11.9 Å². The van der Waals surface area contributed by atoms with Gasteiger partial charge in [0.2, 0.25) is 0 Å². The van der Waals surface area contributed by atoms with Crippen molar-refractivity contribution >= 4 is 17.8 Å². The molecule has 2 heterocycles. The van der Waals surface area contributed by atoms with Crippen LogP contribution in [0.5, 0.6) is 0 Å². The van der Waals surface area contributed by atoms with Gasteiger partial charge in [0.05, 0.1) is 19.3 Å². The first kappa shape index (κ1) is 32.5. The highest BCUT2D eigenvalue weighted by molar-refractivity contribution is 5.73. The maximum absolute atomic E-state index is 14.0. The molecule has 9 nitrogen and oxygen atoms in total. The van der Waals surface area contributed by atoms with Crippen molar-refractivity contribution in [3.63, 3.8) is 0 Å². The van der Waals surface area contributed by atoms with Crippen LogP contribution in [0.1, 0.15) is 31.3 Å². The van der Waals surface area contributed by atoms with E-state index in [1.165, 1.54) is 6.07 Å². The number of aliphatic carboxylic acids is 2. The summed E-state index contributed by atoms with van der Waals surface area (Å²) in [5.41, 5.74) is 0.681. The minimum Gasteiger partial charge on any atom is -0.475 e. The molecule has 0 radical (unpaired) electrons. The van der Waals surface area contributed by atoms with Gasteiger partial charge in [0.25, 0.3) is 0 Å². The number of aromatic nitrogens is 2. The third kappa shape index (κ3) is 11.7. The zero-order valence-corrected chi connectivity index (χ0v) is 20.1. The van der Waals surface area contributed by atoms with Gasteiger partial charge < -0.3 is 20.3 Å². The van der Waals surface area contributed by atoms with Gasteiger partial charge in [-0.3, -0.25) is 4.90 Å². The number of benzene rings is 1. The summed E-state index contributed by atoms with van der Waals surface area (Å²) in [4.78, 5) is 29.0. The van der Waals surface area contributed by atoms with Gasteiger partial charge in [0.15, 0.2) is 0 Å². The summed E-state index contributed by atoms with van der Waals surface area (Å²) in [5, 5.41) is 17.5. The molecule has 38 heavy (non-hydrogen) atoms. The maximum Gasteiger partial charge on any atom is 0.490 e. The van der Waals surface area contributed by atoms with E-state index in [1.54, 1.807) is 12.3 Å². The standard InChI is InChI=1S/C18H23FN4O.2C2HF3O2/c1-13(2)21-17-7-8-20-18(22-17)16-12-24-10-9-23(16)11-14-5-3-4-6-15(14)19;2*3-2(4,5)1(6)7/h3-8,13,16H,9-12H2,1-2H3,(H,20,21,22);2*(H,6,7). The van der Waals surface area contributed by atoms with E-state index in [1.807, 2.05) is 18.2 Å². The molecule has 2 aromatic rings. The van der Waals surface area contributed by atoms with Crippen molar-refractivity contribution in [2.45, 2.75) is 44.8 Å². The largest absolute Gasteiger partial charge is 0.490 e. The van der Waals surface area contributed by atoms with E-state index in [0.29, 0.717) is 37.2 Å². The van der Waals surface area contributed by atoms with Crippen LogP contribution in [-0.4, -0.2) is 75.2 Å². The Hall–Kier alpha value is -3.53. The minimum absolute atomic E-state index is 0.0766. The van der Waals surface area contributed by atoms with Gasteiger partial charge in [0.1, 0.15) is 17.5 Å². The number of hydrogen-bond donors (Lipinski definition) is 3. The van der Waals surface area contributed by atoms with Gasteiger partial charge in [-0.1, -0.05) is 18.2 Å². The number of nitrogens with one attached hydrogen (secondary N) is 1. The summed E-state index contributed by atoms with van der Waals surface area (Å²) >= 11 is 0. The summed E-state index contributed by atoms with van der Waals surface area (Å²) in [7, 11) is 0. The molecule has 0 bridgehead atoms. The summed E-state index contributed by atoms with van der Waals surface area (Å²) in [6.45, 7) is 6.52. The second-order valence-corrected chi connectivity index (χ2v) is 7.86. The highest BCUT2D eigenvalue weighted by Gasteiger charge is 2.38. The Labute approximate surface area is 212 Å². The van der Waals surface area contributed by atoms with Crippen molar-refractivity contribution in [1.82, 2.24) is 14.9 Å². The fourth-order valence-electron chi connectivity index (χ4n) is 2.82. The molecule has 0 spiro atoms. The summed E-state index contributed by atoms with van der Waals surface area (Å²) in [6, 6.07) is 8.96. The smallest absolute Gasteiger partial charge is 0.475 e. The molecule has 1 aromatic heterocycles. The third-order valence-corrected chi connectivity index (χ3v) is 4.46. The lowest BCUT2D eigenvalue weighted by molar-refractivity contribution is -0.193. The molecule has 1 atom stereocenters. The Bertz CT molecular complexity index is 1030. The molecule has 0 aliphatic carbocycles. The summed E-state index contributed by atoms with van der Waals surface area (Å²) < 4.78 is 83.1. The highest BCUT2D eigenvalue weighted by Crippen LogP contribution is 2.25. The van der Waals surface area contributed by atoms with Crippen molar-refractivity contribution < 1.29 is 55.3 Å². The fourth-order valence-corrected chi connectivity index (χ4v) is 2.82. The van der Waals surface area contributed by atoms with Crippen LogP contribution in [0.25, 0.3) is 0 Å². The SMILES string of the molecule is CC(C)Nc1ccnc(C2COCCN2Cc2ccccc2F)n1.O=C(O)C(F)(F)F.O=C(O)C(F)(F)F. The molecule has 1 unspecified atom stereocenters. The molecule has 1 fully saturated rings. The lowest BCUT2D eigenvalue weighted by Gasteiger charge is -2.34. The predicted octanol–water partition coefficient (Wildman–Crippen LogP) is 4.28. The van der Waals surface area contributed by atoms with E-state index in [4.69, 9.17) is 24.5 Å². The Morgan fingerprint density at radius 2 is 1.63 bits per heavy atom. The number of ether oxygens (including phenoxy) is 1. The van der Waals surface area contributed by atoms with Crippen LogP contribution in [0.4, 0.5) is 36.6 Å². The first-order valence-electron chi connectivity index (χ1n) is 10.8. The average molecular weight is 558 g/mol. The van der Waals surface area contributed by atoms with Crippen molar-refractivity contribution in [2.24, 2.45) is 0 Å². The molecule has 212 valence electrons. The third-order valence-electron chi connectivity index (χ3n) is 4.46. The zero-order chi connectivity index (χ0) is 29.1. The number of carboxylic acid groups (broad SMARTS) is 2. The Balaban J connectivity index is 0.000000426. The normalized spacial score (nSPS) is 16.0. The maximum atomic E-state index is 14.0. The van der Waals surface area contributed by atoms with Gasteiger partial charge >= 0.3 is 24.3 Å². The number of alkyl halides is 6. The number of halogens is 7. The van der Waals surface area contributed by atoms with Gasteiger partial charge in [-0.15, -0.1) is 0 Å². The van der Waals surface area contributed by atoms with Crippen LogP contribution in [0, 0.1) is 5.82 Å². The van der Waals surface area contributed by atoms with E-state index in [9.17, 15) is 30.7 Å². The van der Waals surface area contributed by atoms with Crippen molar-refractivity contribution in [2.75, 3.05) is 25.1 Å². The van der Waals surface area contributed by atoms with Crippen LogP contribution in [0.3, 0.4) is 0 Å². The topological polar surface area (TPSA) is 125 Å². The van der Waals surface area contributed by atoms with Gasteiger partial charge in [0, 0.05) is 30.9 Å². The van der Waals surface area contributed by atoms with Crippen LogP contribution in [-0.2, 0) is 20.9 Å². The molecule has 1 aliphatic heterocycles. The number of carboxylic acids is 2. The first-order chi connectivity index (χ1) is 17.5. The van der Waals surface area contributed by atoms with Gasteiger partial charge in [-0.05, 0) is 26.0 Å². The second kappa shape index (κ2) is 14.4. The Morgan fingerprint density at radius 3 is 2.13 bits per heavy atom. The fraction of sp³-hybridized carbons (Fsp3) is 0.455. The second-order valence-electron chi connectivity index (χ2n) is 7.86. The minimum atomic E-state index is -5.08. The predicted molar refractivity (Wildman–Crippen MR) is 119 cm³/mol. The quantitative estimate of drug-likeness (QED) is 0.462. The van der Waals surface area contributed by atoms with Crippen LogP contribution < -0.4 is 5.32 Å². The highest BCUT2D eigenvalue weighted by atomic mass is 19.4. The van der Waals surface area contributed by atoms with Crippen molar-refractivity contribution in [3.05, 3.63) is 53.7 Å². The van der Waals surface area contributed by atoms with Gasteiger partial charge in [-0.2, -0.15) is 26.3 Å². The lowest BCUT2D eigenvalue weighted by atomic mass is 10.1. The van der Waals surface area contributed by atoms with Crippen molar-refractivity contribution in [3.8, 4) is 0 Å². The number of carbonyl (C=O) groups is 2. The molecule has 0 amide bonds. The molecular weight excluding hydrogens is 533 g/mol. The molecule has 3 rings (SSSR count). The number of anilines is 1. The number of hydrogen-bond acceptors (Lipinski definition) is 7. The monoisotopic (exact) mass is 558 g/mol. The molecule has 16 heteroatoms. The summed E-state index contributed by atoms with van der Waals surface area (Å²) in [5.74, 6) is -4.19. The van der Waals surface area contributed by atoms with Crippen LogP contribution in [0.2, 0.25) is 0 Å². The Kier molecular flexibility index (Phi) is 12.3. The number of morpholine rings is 1. The molecule has 1 saturated heterocycles. The van der Waals surface area contributed by atoms with Crippen molar-refractivity contribution in [1.29, 1.82) is 0 Å². The van der Waals surface area contributed by atoms with Crippen LogP contribution >= 0.6 is 0 Å². The van der Waals surface area contributed by atoms with E-state index in [2.05, 4.69) is 34.0 Å². The number of rotatable bonds is 5. The van der Waals surface area contributed by atoms with Gasteiger partial charge in [-0.25, -0.2) is 23.9 Å². The van der Waals surface area contributed by atoms with Crippen LogP contribution in [0.15, 0.2) is 36.5 Å². The molecule has 1 aliphatic rings. The number of nitrogens with zero attached hydrogens (tertiary/aromatic N) is 3. The molecular formula is C22H25F7N4O5. The average Bonchev–Trinajstić information content (AvgIpc) is 2.80. The molecule has 1 aromatic carbocycles. The zero-order valence-electron chi connectivity index (χ0n) is 20.1. The molecule has 0 saturated carbocycles. The van der Waals surface area contributed by atoms with E-state index in [0.717, 1.165) is 12.4 Å². The Morgan fingerprint density at radius 1 is 1.08 bits per heavy atom. The lowest BCUT2D eigenvalue weighted by Crippen LogP contribution is -2.40. The summed E-state index contributed by atoms with van der Waals surface area (Å²) in [6.07, 6.45) is -8.41. The molecule has 3 N–H and O–H groups in total. The first-order valence-corrected chi connectivity index (χ1v) is 10.8.